The van der Waals surface area contributed by atoms with Gasteiger partial charge in [0.1, 0.15) is 0 Å². The Kier molecular flexibility index (Phi) is 5.24. The molecule has 1 fully saturated rings. The van der Waals surface area contributed by atoms with E-state index in [1.54, 1.807) is 25.6 Å². The fourth-order valence-electron chi connectivity index (χ4n) is 5.34. The van der Waals surface area contributed by atoms with Crippen molar-refractivity contribution in [3.8, 4) is 34.0 Å². The van der Waals surface area contributed by atoms with Crippen molar-refractivity contribution in [2.75, 3.05) is 7.11 Å². The van der Waals surface area contributed by atoms with Gasteiger partial charge in [-0.15, -0.1) is 10.2 Å². The summed E-state index contributed by atoms with van der Waals surface area (Å²) in [6, 6.07) is 24.7. The Bertz CT molecular complexity index is 1760. The van der Waals surface area contributed by atoms with Crippen molar-refractivity contribution >= 4 is 16.6 Å². The summed E-state index contributed by atoms with van der Waals surface area (Å²) < 4.78 is 7.36. The molecule has 0 amide bonds. The standard InChI is InChI=1S/C30H25N7O/c1-38-22-17-30(31,18-22)21-10-8-20(9-11-21)26-23(19-6-3-2-4-7-19)16-24-25(34-26)12-15-37-28(24)35-36-29(37)27-32-13-5-14-33-27/h2-16,22H,17-18,31H2,1H3/t22-,30-. The third-order valence-electron chi connectivity index (χ3n) is 7.47. The van der Waals surface area contributed by atoms with Crippen LogP contribution in [0.4, 0.5) is 0 Å². The molecule has 2 aromatic carbocycles. The van der Waals surface area contributed by atoms with Gasteiger partial charge in [-0.2, -0.15) is 0 Å². The molecule has 8 nitrogen and oxygen atoms in total. The normalized spacial score (nSPS) is 19.1. The van der Waals surface area contributed by atoms with Crippen LogP contribution in [0, 0.1) is 0 Å². The summed E-state index contributed by atoms with van der Waals surface area (Å²) >= 11 is 0. The Labute approximate surface area is 219 Å². The minimum absolute atomic E-state index is 0.231. The summed E-state index contributed by atoms with van der Waals surface area (Å²) in [4.78, 5) is 13.8. The van der Waals surface area contributed by atoms with Crippen LogP contribution in [0.25, 0.3) is 50.6 Å². The van der Waals surface area contributed by atoms with Gasteiger partial charge in [-0.1, -0.05) is 54.6 Å². The van der Waals surface area contributed by atoms with Crippen molar-refractivity contribution in [2.24, 2.45) is 5.73 Å². The van der Waals surface area contributed by atoms with Crippen LogP contribution in [-0.4, -0.2) is 42.8 Å². The molecule has 7 rings (SSSR count). The lowest BCUT2D eigenvalue weighted by Crippen LogP contribution is -2.52. The Balaban J connectivity index is 1.38. The van der Waals surface area contributed by atoms with Crippen LogP contribution >= 0.6 is 0 Å². The zero-order valence-corrected chi connectivity index (χ0v) is 20.8. The van der Waals surface area contributed by atoms with E-state index in [0.717, 1.165) is 51.7 Å². The number of nitrogens with zero attached hydrogens (tertiary/aromatic N) is 6. The first-order chi connectivity index (χ1) is 18.6. The number of hydrogen-bond acceptors (Lipinski definition) is 7. The Morgan fingerprint density at radius 1 is 0.895 bits per heavy atom. The predicted molar refractivity (Wildman–Crippen MR) is 146 cm³/mol. The fourth-order valence-corrected chi connectivity index (χ4v) is 5.34. The van der Waals surface area contributed by atoms with Crippen LogP contribution in [0.15, 0.2) is 91.4 Å². The van der Waals surface area contributed by atoms with Crippen LogP contribution in [-0.2, 0) is 10.3 Å². The molecule has 4 heterocycles. The number of fused-ring (bicyclic) bond motifs is 3. The molecular weight excluding hydrogens is 474 g/mol. The first kappa shape index (κ1) is 22.7. The molecule has 0 atom stereocenters. The number of ether oxygens (including phenoxy) is 1. The summed E-state index contributed by atoms with van der Waals surface area (Å²) in [7, 11) is 1.74. The first-order valence-corrected chi connectivity index (χ1v) is 12.6. The quantitative estimate of drug-likeness (QED) is 0.355. The molecule has 0 aliphatic heterocycles. The van der Waals surface area contributed by atoms with Gasteiger partial charge in [0.15, 0.2) is 11.5 Å². The second-order valence-corrected chi connectivity index (χ2v) is 9.79. The lowest BCUT2D eigenvalue weighted by Gasteiger charge is -2.44. The van der Waals surface area contributed by atoms with E-state index in [2.05, 4.69) is 62.6 Å². The van der Waals surface area contributed by atoms with E-state index in [0.29, 0.717) is 17.3 Å². The number of pyridine rings is 2. The molecular formula is C30H25N7O. The maximum absolute atomic E-state index is 6.65. The monoisotopic (exact) mass is 499 g/mol. The fraction of sp³-hybridized carbons (Fsp3) is 0.167. The highest BCUT2D eigenvalue weighted by Gasteiger charge is 2.42. The summed E-state index contributed by atoms with van der Waals surface area (Å²) in [5, 5.41) is 9.80. The maximum Gasteiger partial charge on any atom is 0.206 e. The molecule has 0 radical (unpaired) electrons. The second-order valence-electron chi connectivity index (χ2n) is 9.79. The van der Waals surface area contributed by atoms with Crippen molar-refractivity contribution in [2.45, 2.75) is 24.5 Å². The molecule has 186 valence electrons. The average Bonchev–Trinajstić information content (AvgIpc) is 3.40. The van der Waals surface area contributed by atoms with Gasteiger partial charge in [0.25, 0.3) is 0 Å². The van der Waals surface area contributed by atoms with E-state index in [4.69, 9.17) is 15.5 Å². The average molecular weight is 500 g/mol. The van der Waals surface area contributed by atoms with Gasteiger partial charge in [-0.25, -0.2) is 15.0 Å². The van der Waals surface area contributed by atoms with Crippen molar-refractivity contribution in [3.63, 3.8) is 0 Å². The van der Waals surface area contributed by atoms with Gasteiger partial charge >= 0.3 is 0 Å². The number of hydrogen-bond donors (Lipinski definition) is 1. The largest absolute Gasteiger partial charge is 0.381 e. The highest BCUT2D eigenvalue weighted by atomic mass is 16.5. The van der Waals surface area contributed by atoms with Crippen molar-refractivity contribution in [1.82, 2.24) is 29.5 Å². The van der Waals surface area contributed by atoms with Crippen LogP contribution in [0.2, 0.25) is 0 Å². The van der Waals surface area contributed by atoms with Gasteiger partial charge in [0.2, 0.25) is 5.82 Å². The van der Waals surface area contributed by atoms with E-state index in [9.17, 15) is 0 Å². The molecule has 38 heavy (non-hydrogen) atoms. The molecule has 4 aromatic heterocycles. The minimum atomic E-state index is -0.336. The van der Waals surface area contributed by atoms with Crippen LogP contribution in [0.3, 0.4) is 0 Å². The van der Waals surface area contributed by atoms with Crippen LogP contribution < -0.4 is 5.73 Å². The zero-order chi connectivity index (χ0) is 25.7. The third kappa shape index (κ3) is 3.65. The summed E-state index contributed by atoms with van der Waals surface area (Å²) in [6.45, 7) is 0. The molecule has 0 saturated heterocycles. The van der Waals surface area contributed by atoms with Gasteiger partial charge in [0, 0.05) is 47.8 Å². The Morgan fingerprint density at radius 3 is 2.39 bits per heavy atom. The lowest BCUT2D eigenvalue weighted by atomic mass is 9.70. The van der Waals surface area contributed by atoms with Crippen LogP contribution in [0.1, 0.15) is 18.4 Å². The van der Waals surface area contributed by atoms with E-state index in [-0.39, 0.29) is 11.6 Å². The third-order valence-corrected chi connectivity index (χ3v) is 7.47. The van der Waals surface area contributed by atoms with Gasteiger partial charge < -0.3 is 10.5 Å². The van der Waals surface area contributed by atoms with E-state index < -0.39 is 0 Å². The molecule has 1 saturated carbocycles. The lowest BCUT2D eigenvalue weighted by molar-refractivity contribution is -0.0161. The topological polar surface area (TPSA) is 104 Å². The van der Waals surface area contributed by atoms with Gasteiger partial charge in [-0.05, 0) is 42.2 Å². The maximum atomic E-state index is 6.65. The van der Waals surface area contributed by atoms with Crippen molar-refractivity contribution in [1.29, 1.82) is 0 Å². The Hall–Kier alpha value is -4.53. The summed E-state index contributed by atoms with van der Waals surface area (Å²) in [5.74, 6) is 1.11. The van der Waals surface area contributed by atoms with Crippen molar-refractivity contribution in [3.05, 3.63) is 97.0 Å². The number of rotatable bonds is 5. The number of aromatic nitrogens is 6. The molecule has 8 heteroatoms. The summed E-state index contributed by atoms with van der Waals surface area (Å²) in [5.41, 5.74) is 13.0. The molecule has 1 aliphatic carbocycles. The molecule has 1 aliphatic rings. The van der Waals surface area contributed by atoms with Gasteiger partial charge in [-0.3, -0.25) is 4.40 Å². The SMILES string of the molecule is CO[C@H]1C[C@@](N)(c2ccc(-c3nc4ccn5c(-c6ncccn6)nnc5c4cc3-c3ccccc3)cc2)C1. The number of benzene rings is 2. The second kappa shape index (κ2) is 8.79. The highest BCUT2D eigenvalue weighted by molar-refractivity contribution is 5.98. The molecule has 6 aromatic rings. The number of nitrogens with two attached hydrogens (primary N) is 1. The molecule has 0 spiro atoms. The first-order valence-electron chi connectivity index (χ1n) is 12.6. The van der Waals surface area contributed by atoms with Crippen molar-refractivity contribution < 1.29 is 4.74 Å². The Morgan fingerprint density at radius 2 is 1.66 bits per heavy atom. The van der Waals surface area contributed by atoms with Gasteiger partial charge in [0.05, 0.1) is 17.3 Å². The van der Waals surface area contributed by atoms with E-state index in [1.165, 1.54) is 0 Å². The van der Waals surface area contributed by atoms with E-state index >= 15 is 0 Å². The zero-order valence-electron chi connectivity index (χ0n) is 20.8. The summed E-state index contributed by atoms with van der Waals surface area (Å²) in [6.07, 6.45) is 7.21. The minimum Gasteiger partial charge on any atom is -0.381 e. The molecule has 0 unspecified atom stereocenters. The molecule has 0 bridgehead atoms. The predicted octanol–water partition coefficient (Wildman–Crippen LogP) is 5.03. The van der Waals surface area contributed by atoms with E-state index in [1.807, 2.05) is 34.9 Å². The van der Waals surface area contributed by atoms with Crippen LogP contribution in [0.5, 0.6) is 0 Å². The highest BCUT2D eigenvalue weighted by Crippen LogP contribution is 2.42. The number of methoxy groups -OCH3 is 1. The molecule has 2 N–H and O–H groups in total. The smallest absolute Gasteiger partial charge is 0.206 e.